The third-order valence-corrected chi connectivity index (χ3v) is 6.88. The molecule has 1 amide bonds. The van der Waals surface area contributed by atoms with Gasteiger partial charge in [-0.15, -0.1) is 0 Å². The van der Waals surface area contributed by atoms with Crippen LogP contribution in [-0.2, 0) is 25.9 Å². The van der Waals surface area contributed by atoms with E-state index in [1.807, 2.05) is 42.5 Å². The highest BCUT2D eigenvalue weighted by Crippen LogP contribution is 2.38. The molecule has 1 heterocycles. The molecule has 0 aromatic heterocycles. The van der Waals surface area contributed by atoms with Crippen molar-refractivity contribution in [2.24, 2.45) is 0 Å². The van der Waals surface area contributed by atoms with E-state index in [-0.39, 0.29) is 23.5 Å². The molecule has 7 nitrogen and oxygen atoms in total. The largest absolute Gasteiger partial charge is 0.388 e. The molecule has 1 aliphatic rings. The summed E-state index contributed by atoms with van der Waals surface area (Å²) in [6.45, 7) is 2.84. The zero-order valence-electron chi connectivity index (χ0n) is 18.1. The van der Waals surface area contributed by atoms with Crippen molar-refractivity contribution in [3.8, 4) is 0 Å². The third-order valence-electron chi connectivity index (χ3n) is 5.75. The van der Waals surface area contributed by atoms with Crippen molar-refractivity contribution < 1.29 is 23.1 Å². The number of hydrogen-bond acceptors (Lipinski definition) is 6. The minimum absolute atomic E-state index is 0.0823. The predicted octanol–water partition coefficient (Wildman–Crippen LogP) is 1.92. The van der Waals surface area contributed by atoms with Gasteiger partial charge in [-0.3, -0.25) is 9.69 Å². The molecule has 0 spiro atoms. The van der Waals surface area contributed by atoms with Crippen LogP contribution in [0, 0.1) is 0 Å². The van der Waals surface area contributed by atoms with Gasteiger partial charge in [0.25, 0.3) is 0 Å². The molecule has 168 valence electrons. The van der Waals surface area contributed by atoms with Gasteiger partial charge in [-0.1, -0.05) is 42.5 Å². The lowest BCUT2D eigenvalue weighted by Crippen LogP contribution is -2.62. The van der Waals surface area contributed by atoms with E-state index < -0.39 is 21.5 Å². The number of benzene rings is 2. The molecule has 1 saturated heterocycles. The van der Waals surface area contributed by atoms with Crippen molar-refractivity contribution in [3.05, 3.63) is 65.7 Å². The Hall–Kier alpha value is -2.26. The predicted molar refractivity (Wildman–Crippen MR) is 118 cm³/mol. The third kappa shape index (κ3) is 5.71. The van der Waals surface area contributed by atoms with E-state index in [0.29, 0.717) is 19.5 Å². The molecule has 2 N–H and O–H groups in total. The first-order chi connectivity index (χ1) is 14.6. The average Bonchev–Trinajstić information content (AvgIpc) is 2.71. The van der Waals surface area contributed by atoms with Gasteiger partial charge < -0.3 is 15.2 Å². The maximum atomic E-state index is 12.3. The summed E-state index contributed by atoms with van der Waals surface area (Å²) in [5.74, 6) is -0.284. The van der Waals surface area contributed by atoms with Crippen molar-refractivity contribution in [2.45, 2.75) is 42.5 Å². The first-order valence-corrected chi connectivity index (χ1v) is 12.1. The van der Waals surface area contributed by atoms with E-state index in [0.717, 1.165) is 11.1 Å². The number of carbonyl (C=O) groups excluding carboxylic acids is 1. The summed E-state index contributed by atoms with van der Waals surface area (Å²) in [6.07, 6.45) is 1.67. The smallest absolute Gasteiger partial charge is 0.246 e. The fraction of sp³-hybridized carbons (Fsp3) is 0.435. The Morgan fingerprint density at radius 1 is 1.19 bits per heavy atom. The second-order valence-electron chi connectivity index (χ2n) is 8.33. The molecule has 0 radical (unpaired) electrons. The fourth-order valence-electron chi connectivity index (χ4n) is 4.10. The van der Waals surface area contributed by atoms with Gasteiger partial charge in [0.2, 0.25) is 5.91 Å². The number of ether oxygens (including phenoxy) is 1. The van der Waals surface area contributed by atoms with Crippen LogP contribution in [0.4, 0.5) is 0 Å². The highest BCUT2D eigenvalue weighted by Gasteiger charge is 2.46. The zero-order chi connectivity index (χ0) is 22.6. The number of nitrogens with zero attached hydrogens (tertiary/aromatic N) is 1. The molecule has 31 heavy (non-hydrogen) atoms. The molecule has 3 rings (SSSR count). The molecule has 0 aliphatic carbocycles. The summed E-state index contributed by atoms with van der Waals surface area (Å²) in [4.78, 5) is 14.8. The summed E-state index contributed by atoms with van der Waals surface area (Å²) >= 11 is 0. The normalized spacial score (nSPS) is 24.6. The van der Waals surface area contributed by atoms with Gasteiger partial charge in [0, 0.05) is 26.5 Å². The number of piperidine rings is 1. The topological polar surface area (TPSA) is 95.9 Å². The van der Waals surface area contributed by atoms with Crippen molar-refractivity contribution >= 4 is 15.7 Å². The van der Waals surface area contributed by atoms with Crippen LogP contribution in [0.25, 0.3) is 0 Å². The molecule has 3 atom stereocenters. The van der Waals surface area contributed by atoms with Gasteiger partial charge in [0.15, 0.2) is 9.84 Å². The quantitative estimate of drug-likeness (QED) is 0.675. The zero-order valence-corrected chi connectivity index (χ0v) is 18.9. The number of methoxy groups -OCH3 is 1. The van der Waals surface area contributed by atoms with Gasteiger partial charge in [-0.2, -0.15) is 0 Å². The number of sulfone groups is 1. The van der Waals surface area contributed by atoms with E-state index in [2.05, 4.69) is 10.2 Å². The Morgan fingerprint density at radius 2 is 1.84 bits per heavy atom. The monoisotopic (exact) mass is 446 g/mol. The minimum atomic E-state index is -3.26. The molecule has 1 fully saturated rings. The van der Waals surface area contributed by atoms with E-state index in [9.17, 15) is 18.3 Å². The van der Waals surface area contributed by atoms with Crippen molar-refractivity contribution in [2.75, 3.05) is 26.5 Å². The van der Waals surface area contributed by atoms with Crippen molar-refractivity contribution in [1.82, 2.24) is 10.2 Å². The number of rotatable bonds is 7. The number of carbonyl (C=O) groups is 1. The molecule has 2 aromatic rings. The lowest BCUT2D eigenvalue weighted by molar-refractivity contribution is -0.132. The Balaban J connectivity index is 1.93. The SMILES string of the molecule is COCC(=O)N[C@H]1[C@H](c2ccccc2)N(Cc2ccc(S(C)(=O)=O)cc2)CC[C@@]1(C)O. The number of likely N-dealkylation sites (tertiary alicyclic amines) is 1. The van der Waals surface area contributed by atoms with Gasteiger partial charge >= 0.3 is 0 Å². The van der Waals surface area contributed by atoms with E-state index in [1.54, 1.807) is 19.1 Å². The number of hydrogen-bond donors (Lipinski definition) is 2. The van der Waals surface area contributed by atoms with Gasteiger partial charge in [0.05, 0.1) is 22.6 Å². The fourth-order valence-corrected chi connectivity index (χ4v) is 4.73. The van der Waals surface area contributed by atoms with E-state index in [1.165, 1.54) is 13.4 Å². The van der Waals surface area contributed by atoms with Crippen LogP contribution in [0.5, 0.6) is 0 Å². The number of aliphatic hydroxyl groups is 1. The maximum absolute atomic E-state index is 12.3. The summed E-state index contributed by atoms with van der Waals surface area (Å²) in [5, 5.41) is 14.1. The first kappa shape index (κ1) is 23.4. The van der Waals surface area contributed by atoms with Crippen LogP contribution in [0.15, 0.2) is 59.5 Å². The highest BCUT2D eigenvalue weighted by molar-refractivity contribution is 7.90. The van der Waals surface area contributed by atoms with Crippen LogP contribution >= 0.6 is 0 Å². The molecule has 0 saturated carbocycles. The standard InChI is InChI=1S/C23H30N2O5S/c1-23(27)13-14-25(15-17-9-11-19(12-10-17)31(3,28)29)21(18-7-5-4-6-8-18)22(23)24-20(26)16-30-2/h4-12,21-22,27H,13-16H2,1-3H3,(H,24,26)/t21-,22-,23+/m0/s1. The Labute approximate surface area is 184 Å². The summed E-state index contributed by atoms with van der Waals surface area (Å²) in [5.41, 5.74) is 0.843. The Morgan fingerprint density at radius 3 is 2.42 bits per heavy atom. The Kier molecular flexibility index (Phi) is 7.16. The van der Waals surface area contributed by atoms with Crippen LogP contribution < -0.4 is 5.32 Å². The van der Waals surface area contributed by atoms with Crippen LogP contribution in [0.2, 0.25) is 0 Å². The number of amides is 1. The summed E-state index contributed by atoms with van der Waals surface area (Å²) in [6, 6.07) is 15.8. The second kappa shape index (κ2) is 9.48. The van der Waals surface area contributed by atoms with E-state index >= 15 is 0 Å². The molecular formula is C23H30N2O5S. The molecule has 1 aliphatic heterocycles. The molecule has 2 aromatic carbocycles. The molecule has 8 heteroatoms. The summed E-state index contributed by atoms with van der Waals surface area (Å²) < 4.78 is 28.5. The minimum Gasteiger partial charge on any atom is -0.388 e. The first-order valence-electron chi connectivity index (χ1n) is 10.2. The lowest BCUT2D eigenvalue weighted by Gasteiger charge is -2.49. The van der Waals surface area contributed by atoms with Gasteiger partial charge in [0.1, 0.15) is 6.61 Å². The maximum Gasteiger partial charge on any atom is 0.246 e. The van der Waals surface area contributed by atoms with Crippen LogP contribution in [-0.4, -0.2) is 62.5 Å². The molecule has 0 unspecified atom stereocenters. The highest BCUT2D eigenvalue weighted by atomic mass is 32.2. The number of nitrogens with one attached hydrogen (secondary N) is 1. The Bertz CT molecular complexity index is 990. The van der Waals surface area contributed by atoms with Crippen molar-refractivity contribution in [1.29, 1.82) is 0 Å². The van der Waals surface area contributed by atoms with Crippen LogP contribution in [0.1, 0.15) is 30.5 Å². The average molecular weight is 447 g/mol. The van der Waals surface area contributed by atoms with Crippen molar-refractivity contribution in [3.63, 3.8) is 0 Å². The van der Waals surface area contributed by atoms with Gasteiger partial charge in [-0.05, 0) is 36.6 Å². The van der Waals surface area contributed by atoms with E-state index in [4.69, 9.17) is 4.74 Å². The van der Waals surface area contributed by atoms with Crippen LogP contribution in [0.3, 0.4) is 0 Å². The lowest BCUT2D eigenvalue weighted by atomic mass is 9.79. The molecule has 0 bridgehead atoms. The summed E-state index contributed by atoms with van der Waals surface area (Å²) in [7, 11) is -1.80. The van der Waals surface area contributed by atoms with Gasteiger partial charge in [-0.25, -0.2) is 8.42 Å². The second-order valence-corrected chi connectivity index (χ2v) is 10.3. The molecular weight excluding hydrogens is 416 g/mol.